The van der Waals surface area contributed by atoms with Gasteiger partial charge in [0.1, 0.15) is 12.4 Å². The molecule has 3 aromatic rings. The SMILES string of the molecule is O=C(Cn1ccn(-c2ccc(Cl)cc2)c(=O)c1=O)NCc1ccc(F)cc1. The molecule has 0 saturated heterocycles. The van der Waals surface area contributed by atoms with E-state index < -0.39 is 17.0 Å². The van der Waals surface area contributed by atoms with E-state index in [9.17, 15) is 18.8 Å². The zero-order valence-corrected chi connectivity index (χ0v) is 14.8. The summed E-state index contributed by atoms with van der Waals surface area (Å²) in [6.45, 7) is -0.105. The van der Waals surface area contributed by atoms with Gasteiger partial charge < -0.3 is 5.32 Å². The smallest absolute Gasteiger partial charge is 0.320 e. The van der Waals surface area contributed by atoms with Crippen molar-refractivity contribution in [2.75, 3.05) is 0 Å². The number of carbonyl (C=O) groups is 1. The first kappa shape index (κ1) is 18.6. The molecule has 0 aliphatic carbocycles. The fourth-order valence-electron chi connectivity index (χ4n) is 2.45. The topological polar surface area (TPSA) is 73.1 Å². The van der Waals surface area contributed by atoms with Gasteiger partial charge in [-0.25, -0.2) is 4.39 Å². The number of carbonyl (C=O) groups excluding carboxylic acids is 1. The van der Waals surface area contributed by atoms with Crippen molar-refractivity contribution in [3.8, 4) is 5.69 Å². The maximum Gasteiger partial charge on any atom is 0.320 e. The standard InChI is InChI=1S/C19H15ClFN3O3/c20-14-3-7-16(8-4-14)24-10-9-23(18(26)19(24)27)12-17(25)22-11-13-1-5-15(21)6-2-13/h1-10H,11-12H2,(H,22,25). The molecule has 3 rings (SSSR count). The summed E-state index contributed by atoms with van der Waals surface area (Å²) in [6.07, 6.45) is 2.79. The highest BCUT2D eigenvalue weighted by Gasteiger charge is 2.10. The average Bonchev–Trinajstić information content (AvgIpc) is 2.66. The van der Waals surface area contributed by atoms with E-state index in [0.717, 1.165) is 10.1 Å². The number of nitrogens with zero attached hydrogens (tertiary/aromatic N) is 2. The highest BCUT2D eigenvalue weighted by Crippen LogP contribution is 2.11. The molecule has 27 heavy (non-hydrogen) atoms. The summed E-state index contributed by atoms with van der Waals surface area (Å²) in [7, 11) is 0. The average molecular weight is 388 g/mol. The maximum absolute atomic E-state index is 12.9. The van der Waals surface area contributed by atoms with E-state index in [1.807, 2.05) is 0 Å². The Morgan fingerprint density at radius 1 is 0.963 bits per heavy atom. The van der Waals surface area contributed by atoms with Gasteiger partial charge in [-0.2, -0.15) is 0 Å². The third-order valence-corrected chi connectivity index (χ3v) is 4.13. The molecular formula is C19H15ClFN3O3. The van der Waals surface area contributed by atoms with Crippen LogP contribution >= 0.6 is 11.6 Å². The minimum Gasteiger partial charge on any atom is -0.350 e. The fourth-order valence-corrected chi connectivity index (χ4v) is 2.58. The summed E-state index contributed by atoms with van der Waals surface area (Å²) in [6, 6.07) is 12.1. The minimum absolute atomic E-state index is 0.190. The fraction of sp³-hybridized carbons (Fsp3) is 0.105. The largest absolute Gasteiger partial charge is 0.350 e. The molecule has 0 fully saturated rings. The van der Waals surface area contributed by atoms with Gasteiger partial charge in [0.15, 0.2) is 0 Å². The molecule has 1 heterocycles. The summed E-state index contributed by atoms with van der Waals surface area (Å²) < 4.78 is 15.1. The second-order valence-electron chi connectivity index (χ2n) is 5.79. The molecule has 0 unspecified atom stereocenters. The Labute approximate surface area is 158 Å². The van der Waals surface area contributed by atoms with Crippen LogP contribution in [0.25, 0.3) is 5.69 Å². The van der Waals surface area contributed by atoms with E-state index in [0.29, 0.717) is 10.7 Å². The Bertz CT molecular complexity index is 1070. The molecule has 138 valence electrons. The van der Waals surface area contributed by atoms with Gasteiger partial charge in [0.05, 0.1) is 0 Å². The Morgan fingerprint density at radius 2 is 1.63 bits per heavy atom. The van der Waals surface area contributed by atoms with Gasteiger partial charge in [0.2, 0.25) is 5.91 Å². The van der Waals surface area contributed by atoms with E-state index in [2.05, 4.69) is 5.32 Å². The van der Waals surface area contributed by atoms with Gasteiger partial charge >= 0.3 is 11.1 Å². The molecule has 0 radical (unpaired) electrons. The molecule has 1 aromatic heterocycles. The van der Waals surface area contributed by atoms with Crippen molar-refractivity contribution in [3.63, 3.8) is 0 Å². The Kier molecular flexibility index (Phi) is 5.52. The lowest BCUT2D eigenvalue weighted by atomic mass is 10.2. The molecule has 0 aliphatic heterocycles. The number of hydrogen-bond acceptors (Lipinski definition) is 3. The van der Waals surface area contributed by atoms with E-state index >= 15 is 0 Å². The van der Waals surface area contributed by atoms with Crippen molar-refractivity contribution in [3.05, 3.63) is 98.0 Å². The lowest BCUT2D eigenvalue weighted by Crippen LogP contribution is -2.42. The van der Waals surface area contributed by atoms with Gasteiger partial charge in [-0.1, -0.05) is 23.7 Å². The van der Waals surface area contributed by atoms with Crippen LogP contribution in [0.15, 0.2) is 70.5 Å². The van der Waals surface area contributed by atoms with Gasteiger partial charge in [0.25, 0.3) is 0 Å². The Balaban J connectivity index is 1.71. The minimum atomic E-state index is -0.815. The van der Waals surface area contributed by atoms with Crippen molar-refractivity contribution in [1.82, 2.24) is 14.5 Å². The maximum atomic E-state index is 12.9. The molecule has 0 bridgehead atoms. The van der Waals surface area contributed by atoms with Crippen LogP contribution < -0.4 is 16.4 Å². The third-order valence-electron chi connectivity index (χ3n) is 3.88. The lowest BCUT2D eigenvalue weighted by Gasteiger charge is -2.10. The molecule has 2 aromatic carbocycles. The van der Waals surface area contributed by atoms with E-state index in [1.165, 1.54) is 29.1 Å². The van der Waals surface area contributed by atoms with Crippen LogP contribution in [0.4, 0.5) is 4.39 Å². The van der Waals surface area contributed by atoms with Crippen LogP contribution in [0.5, 0.6) is 0 Å². The Morgan fingerprint density at radius 3 is 2.30 bits per heavy atom. The van der Waals surface area contributed by atoms with Gasteiger partial charge in [-0.15, -0.1) is 0 Å². The van der Waals surface area contributed by atoms with Crippen LogP contribution in [0.2, 0.25) is 5.02 Å². The monoisotopic (exact) mass is 387 g/mol. The second kappa shape index (κ2) is 8.01. The van der Waals surface area contributed by atoms with Crippen LogP contribution in [0, 0.1) is 5.82 Å². The summed E-state index contributed by atoms with van der Waals surface area (Å²) in [5.41, 5.74) is -0.375. The summed E-state index contributed by atoms with van der Waals surface area (Å²) in [5, 5.41) is 3.13. The first-order valence-corrected chi connectivity index (χ1v) is 8.41. The molecule has 0 saturated carbocycles. The quantitative estimate of drug-likeness (QED) is 0.681. The van der Waals surface area contributed by atoms with Crippen LogP contribution in [0.3, 0.4) is 0 Å². The van der Waals surface area contributed by atoms with E-state index in [1.54, 1.807) is 36.4 Å². The van der Waals surface area contributed by atoms with Crippen LogP contribution in [-0.4, -0.2) is 15.0 Å². The van der Waals surface area contributed by atoms with Gasteiger partial charge in [0, 0.05) is 29.6 Å². The number of benzene rings is 2. The lowest BCUT2D eigenvalue weighted by molar-refractivity contribution is -0.121. The molecule has 0 aliphatic rings. The number of nitrogens with one attached hydrogen (secondary N) is 1. The Hall–Kier alpha value is -3.19. The zero-order chi connectivity index (χ0) is 19.4. The normalized spacial score (nSPS) is 10.6. The predicted octanol–water partition coefficient (Wildman–Crippen LogP) is 2.11. The predicted molar refractivity (Wildman–Crippen MR) is 99.6 cm³/mol. The summed E-state index contributed by atoms with van der Waals surface area (Å²) in [4.78, 5) is 36.6. The van der Waals surface area contributed by atoms with Crippen LogP contribution in [-0.2, 0) is 17.9 Å². The van der Waals surface area contributed by atoms with Crippen molar-refractivity contribution in [1.29, 1.82) is 0 Å². The van der Waals surface area contributed by atoms with Gasteiger partial charge in [-0.3, -0.25) is 23.5 Å². The third kappa shape index (κ3) is 4.51. The second-order valence-corrected chi connectivity index (χ2v) is 6.22. The molecule has 1 N–H and O–H groups in total. The van der Waals surface area contributed by atoms with Crippen molar-refractivity contribution < 1.29 is 9.18 Å². The first-order valence-electron chi connectivity index (χ1n) is 8.03. The highest BCUT2D eigenvalue weighted by atomic mass is 35.5. The first-order chi connectivity index (χ1) is 12.9. The number of hydrogen-bond donors (Lipinski definition) is 1. The molecule has 8 heteroatoms. The van der Waals surface area contributed by atoms with E-state index in [4.69, 9.17) is 11.6 Å². The number of halogens is 2. The van der Waals surface area contributed by atoms with Crippen LogP contribution in [0.1, 0.15) is 5.56 Å². The molecule has 6 nitrogen and oxygen atoms in total. The molecule has 0 atom stereocenters. The van der Waals surface area contributed by atoms with Crippen molar-refractivity contribution in [2.45, 2.75) is 13.1 Å². The van der Waals surface area contributed by atoms with Gasteiger partial charge in [-0.05, 0) is 42.0 Å². The van der Waals surface area contributed by atoms with E-state index in [-0.39, 0.29) is 18.9 Å². The molecular weight excluding hydrogens is 373 g/mol. The number of amides is 1. The summed E-state index contributed by atoms with van der Waals surface area (Å²) in [5.74, 6) is -0.803. The number of rotatable bonds is 5. The number of aromatic nitrogens is 2. The summed E-state index contributed by atoms with van der Waals surface area (Å²) >= 11 is 5.82. The van der Waals surface area contributed by atoms with Crippen molar-refractivity contribution >= 4 is 17.5 Å². The zero-order valence-electron chi connectivity index (χ0n) is 14.1. The highest BCUT2D eigenvalue weighted by molar-refractivity contribution is 6.30. The van der Waals surface area contributed by atoms with Crippen molar-refractivity contribution in [2.24, 2.45) is 0 Å². The molecule has 0 spiro atoms. The molecule has 1 amide bonds.